The van der Waals surface area contributed by atoms with Crippen LogP contribution in [0.15, 0.2) is 41.1 Å². The molecule has 0 atom stereocenters. The summed E-state index contributed by atoms with van der Waals surface area (Å²) in [5.41, 5.74) is 1.16. The standard InChI is InChI=1S/C15H9F2N7O/c1-24-14(20-22-23-24)8-4-9(6-11(17)5-8)15-19-13(21-25-15)12-3-2-10(16)7-18-12/h2-7H,1H3. The van der Waals surface area contributed by atoms with Crippen LogP contribution < -0.4 is 0 Å². The van der Waals surface area contributed by atoms with E-state index in [4.69, 9.17) is 4.52 Å². The molecule has 124 valence electrons. The van der Waals surface area contributed by atoms with Crippen molar-refractivity contribution in [1.29, 1.82) is 0 Å². The molecule has 3 heterocycles. The third-order valence-electron chi connectivity index (χ3n) is 3.41. The fourth-order valence-electron chi connectivity index (χ4n) is 2.27. The number of nitrogens with zero attached hydrogens (tertiary/aromatic N) is 7. The first-order valence-electron chi connectivity index (χ1n) is 7.09. The molecular formula is C15H9F2N7O. The topological polar surface area (TPSA) is 95.4 Å². The Hall–Kier alpha value is -3.56. The lowest BCUT2D eigenvalue weighted by atomic mass is 10.1. The van der Waals surface area contributed by atoms with E-state index in [1.165, 1.54) is 28.9 Å². The van der Waals surface area contributed by atoms with Crippen LogP contribution in [0.25, 0.3) is 34.4 Å². The van der Waals surface area contributed by atoms with Crippen LogP contribution in [0.4, 0.5) is 8.78 Å². The van der Waals surface area contributed by atoms with Crippen molar-refractivity contribution >= 4 is 0 Å². The second kappa shape index (κ2) is 5.82. The molecule has 1 aromatic carbocycles. The minimum absolute atomic E-state index is 0.0944. The summed E-state index contributed by atoms with van der Waals surface area (Å²) in [4.78, 5) is 8.06. The van der Waals surface area contributed by atoms with Crippen LogP contribution in [-0.4, -0.2) is 35.3 Å². The third-order valence-corrected chi connectivity index (χ3v) is 3.41. The van der Waals surface area contributed by atoms with Crippen molar-refractivity contribution in [2.24, 2.45) is 7.05 Å². The van der Waals surface area contributed by atoms with Gasteiger partial charge in [-0.1, -0.05) is 5.16 Å². The van der Waals surface area contributed by atoms with Crippen LogP contribution in [0, 0.1) is 11.6 Å². The normalized spacial score (nSPS) is 11.0. The molecule has 8 nitrogen and oxygen atoms in total. The number of aromatic nitrogens is 7. The molecule has 0 aliphatic carbocycles. The van der Waals surface area contributed by atoms with Gasteiger partial charge in [-0.05, 0) is 40.8 Å². The maximum atomic E-state index is 14.0. The Bertz CT molecular complexity index is 1040. The SMILES string of the molecule is Cn1nnnc1-c1cc(F)cc(-c2nc(-c3ccc(F)cn3)no2)c1. The lowest BCUT2D eigenvalue weighted by molar-refractivity contribution is 0.432. The van der Waals surface area contributed by atoms with Gasteiger partial charge in [-0.3, -0.25) is 0 Å². The highest BCUT2D eigenvalue weighted by Crippen LogP contribution is 2.26. The maximum Gasteiger partial charge on any atom is 0.258 e. The Morgan fingerprint density at radius 2 is 1.88 bits per heavy atom. The molecule has 0 spiro atoms. The van der Waals surface area contributed by atoms with Crippen molar-refractivity contribution in [2.45, 2.75) is 0 Å². The Kier molecular flexibility index (Phi) is 3.49. The number of benzene rings is 1. The molecule has 0 saturated heterocycles. The smallest absolute Gasteiger partial charge is 0.258 e. The van der Waals surface area contributed by atoms with Gasteiger partial charge in [0.2, 0.25) is 5.82 Å². The molecule has 0 aliphatic heterocycles. The minimum atomic E-state index is -0.504. The van der Waals surface area contributed by atoms with E-state index in [-0.39, 0.29) is 11.7 Å². The van der Waals surface area contributed by atoms with Crippen LogP contribution in [-0.2, 0) is 7.05 Å². The van der Waals surface area contributed by atoms with Crippen molar-refractivity contribution < 1.29 is 13.3 Å². The first kappa shape index (κ1) is 15.0. The predicted molar refractivity (Wildman–Crippen MR) is 80.7 cm³/mol. The van der Waals surface area contributed by atoms with E-state index in [1.807, 2.05) is 0 Å². The van der Waals surface area contributed by atoms with E-state index in [0.717, 1.165) is 6.20 Å². The fraction of sp³-hybridized carbons (Fsp3) is 0.0667. The molecule has 0 unspecified atom stereocenters. The van der Waals surface area contributed by atoms with Gasteiger partial charge in [0.25, 0.3) is 5.89 Å². The number of aryl methyl sites for hydroxylation is 1. The molecule has 0 saturated carbocycles. The molecular weight excluding hydrogens is 332 g/mol. The van der Waals surface area contributed by atoms with E-state index in [0.29, 0.717) is 22.6 Å². The molecule has 25 heavy (non-hydrogen) atoms. The quantitative estimate of drug-likeness (QED) is 0.564. The maximum absolute atomic E-state index is 14.0. The zero-order chi connectivity index (χ0) is 17.4. The summed E-state index contributed by atoms with van der Waals surface area (Å²) in [6.07, 6.45) is 1.05. The van der Waals surface area contributed by atoms with Gasteiger partial charge in [0.05, 0.1) is 6.20 Å². The van der Waals surface area contributed by atoms with Crippen molar-refractivity contribution in [3.63, 3.8) is 0 Å². The Balaban J connectivity index is 1.74. The highest BCUT2D eigenvalue weighted by molar-refractivity contribution is 5.66. The first-order chi connectivity index (χ1) is 12.1. The summed E-state index contributed by atoms with van der Waals surface area (Å²) < 4.78 is 33.5. The Labute approximate surface area is 139 Å². The van der Waals surface area contributed by atoms with E-state index in [9.17, 15) is 8.78 Å². The van der Waals surface area contributed by atoms with Crippen molar-refractivity contribution in [2.75, 3.05) is 0 Å². The van der Waals surface area contributed by atoms with Crippen LogP contribution in [0.2, 0.25) is 0 Å². The highest BCUT2D eigenvalue weighted by atomic mass is 19.1. The van der Waals surface area contributed by atoms with Gasteiger partial charge in [-0.15, -0.1) is 5.10 Å². The molecule has 4 aromatic rings. The largest absolute Gasteiger partial charge is 0.334 e. The lowest BCUT2D eigenvalue weighted by Gasteiger charge is -2.02. The van der Waals surface area contributed by atoms with Crippen molar-refractivity contribution in [1.82, 2.24) is 35.3 Å². The fourth-order valence-corrected chi connectivity index (χ4v) is 2.27. The Morgan fingerprint density at radius 1 is 1.04 bits per heavy atom. The van der Waals surface area contributed by atoms with Gasteiger partial charge < -0.3 is 4.52 Å². The number of pyridine rings is 1. The highest BCUT2D eigenvalue weighted by Gasteiger charge is 2.15. The van der Waals surface area contributed by atoms with Gasteiger partial charge in [0, 0.05) is 18.2 Å². The summed E-state index contributed by atoms with van der Waals surface area (Å²) in [6.45, 7) is 0. The monoisotopic (exact) mass is 341 g/mol. The molecule has 0 fully saturated rings. The summed E-state index contributed by atoms with van der Waals surface area (Å²) in [5, 5.41) is 14.9. The zero-order valence-corrected chi connectivity index (χ0v) is 12.8. The summed E-state index contributed by atoms with van der Waals surface area (Å²) in [7, 11) is 1.64. The van der Waals surface area contributed by atoms with Crippen molar-refractivity contribution in [3.8, 4) is 34.4 Å². The molecule has 0 radical (unpaired) electrons. The molecule has 0 amide bonds. The predicted octanol–water partition coefficient (Wildman–Crippen LogP) is 2.27. The first-order valence-corrected chi connectivity index (χ1v) is 7.09. The molecule has 0 aliphatic rings. The van der Waals surface area contributed by atoms with Crippen LogP contribution in [0.1, 0.15) is 0 Å². The van der Waals surface area contributed by atoms with Gasteiger partial charge in [-0.2, -0.15) is 4.98 Å². The number of halogens is 2. The third kappa shape index (κ3) is 2.84. The van der Waals surface area contributed by atoms with Gasteiger partial charge in [0.1, 0.15) is 17.3 Å². The molecule has 3 aromatic heterocycles. The molecule has 0 N–H and O–H groups in total. The number of hydrogen-bond donors (Lipinski definition) is 0. The van der Waals surface area contributed by atoms with Crippen molar-refractivity contribution in [3.05, 3.63) is 48.2 Å². The zero-order valence-electron chi connectivity index (χ0n) is 12.8. The van der Waals surface area contributed by atoms with Gasteiger partial charge in [-0.25, -0.2) is 18.4 Å². The number of rotatable bonds is 3. The van der Waals surface area contributed by atoms with Crippen LogP contribution >= 0.6 is 0 Å². The molecule has 4 rings (SSSR count). The molecule has 0 bridgehead atoms. The van der Waals surface area contributed by atoms with Crippen LogP contribution in [0.3, 0.4) is 0 Å². The van der Waals surface area contributed by atoms with E-state index in [2.05, 4.69) is 30.7 Å². The summed E-state index contributed by atoms with van der Waals surface area (Å²) in [5.74, 6) is -0.325. The van der Waals surface area contributed by atoms with E-state index in [1.54, 1.807) is 13.1 Å². The van der Waals surface area contributed by atoms with Crippen LogP contribution in [0.5, 0.6) is 0 Å². The molecule has 10 heteroatoms. The number of tetrazole rings is 1. The average molecular weight is 341 g/mol. The summed E-state index contributed by atoms with van der Waals surface area (Å²) in [6, 6.07) is 6.84. The average Bonchev–Trinajstić information content (AvgIpc) is 3.24. The second-order valence-electron chi connectivity index (χ2n) is 5.14. The van der Waals surface area contributed by atoms with Gasteiger partial charge in [0.15, 0.2) is 5.82 Å². The Morgan fingerprint density at radius 3 is 2.60 bits per heavy atom. The summed E-state index contributed by atoms with van der Waals surface area (Å²) >= 11 is 0. The van der Waals surface area contributed by atoms with E-state index >= 15 is 0 Å². The van der Waals surface area contributed by atoms with Gasteiger partial charge >= 0.3 is 0 Å². The lowest BCUT2D eigenvalue weighted by Crippen LogP contribution is -1.95. The van der Waals surface area contributed by atoms with E-state index < -0.39 is 11.6 Å². The second-order valence-corrected chi connectivity index (χ2v) is 5.14. The number of hydrogen-bond acceptors (Lipinski definition) is 7. The minimum Gasteiger partial charge on any atom is -0.334 e.